The van der Waals surface area contributed by atoms with Gasteiger partial charge in [0.1, 0.15) is 0 Å². The third-order valence-electron chi connectivity index (χ3n) is 3.10. The number of sulfone groups is 1. The molecule has 0 spiro atoms. The van der Waals surface area contributed by atoms with E-state index in [1.165, 1.54) is 17.4 Å². The van der Waals surface area contributed by atoms with E-state index in [1.807, 2.05) is 7.05 Å². The van der Waals surface area contributed by atoms with Crippen molar-refractivity contribution in [2.45, 2.75) is 4.90 Å². The van der Waals surface area contributed by atoms with E-state index in [0.717, 1.165) is 6.26 Å². The summed E-state index contributed by atoms with van der Waals surface area (Å²) in [6.07, 6.45) is 4.66. The number of thiazole rings is 1. The predicted molar refractivity (Wildman–Crippen MR) is 86.1 cm³/mol. The number of nitrogens with one attached hydrogen (secondary N) is 1. The van der Waals surface area contributed by atoms with E-state index >= 15 is 0 Å². The van der Waals surface area contributed by atoms with Gasteiger partial charge in [-0.05, 0) is 24.3 Å². The van der Waals surface area contributed by atoms with Crippen molar-refractivity contribution in [2.75, 3.05) is 11.6 Å². The Labute approximate surface area is 131 Å². The van der Waals surface area contributed by atoms with E-state index in [9.17, 15) is 13.2 Å². The molecule has 1 amide bonds. The Balaban J connectivity index is 1.90. The van der Waals surface area contributed by atoms with E-state index in [-0.39, 0.29) is 10.8 Å². The quantitative estimate of drug-likeness (QED) is 0.796. The number of carbonyl (C=O) groups excluding carboxylic acids is 1. The number of rotatable bonds is 3. The van der Waals surface area contributed by atoms with Crippen LogP contribution >= 0.6 is 11.3 Å². The molecular weight excluding hydrogens is 322 g/mol. The molecule has 0 radical (unpaired) electrons. The molecule has 0 bridgehead atoms. The number of fused-ring (bicyclic) bond motifs is 1. The molecule has 2 aromatic heterocycles. The number of hydrogen-bond donors (Lipinski definition) is 1. The lowest BCUT2D eigenvalue weighted by molar-refractivity contribution is 0.102. The lowest BCUT2D eigenvalue weighted by Gasteiger charge is -1.97. The van der Waals surface area contributed by atoms with Crippen molar-refractivity contribution in [3.8, 4) is 0 Å². The van der Waals surface area contributed by atoms with Crippen LogP contribution in [0.2, 0.25) is 0 Å². The Morgan fingerprint density at radius 1 is 1.32 bits per heavy atom. The highest BCUT2D eigenvalue weighted by atomic mass is 32.2. The molecule has 0 fully saturated rings. The van der Waals surface area contributed by atoms with Crippen LogP contribution in [-0.4, -0.2) is 30.1 Å². The second-order valence-electron chi connectivity index (χ2n) is 4.94. The molecule has 0 aliphatic heterocycles. The molecule has 1 aromatic carbocycles. The van der Waals surface area contributed by atoms with Gasteiger partial charge in [0, 0.05) is 25.7 Å². The fraction of sp³-hybridized carbons (Fsp3) is 0.143. The average Bonchev–Trinajstić information content (AvgIpc) is 3.02. The molecule has 8 heteroatoms. The largest absolute Gasteiger partial charge is 0.356 e. The van der Waals surface area contributed by atoms with Gasteiger partial charge in [0.25, 0.3) is 5.91 Å². The van der Waals surface area contributed by atoms with Gasteiger partial charge in [-0.15, -0.1) is 0 Å². The second-order valence-corrected chi connectivity index (χ2v) is 7.99. The predicted octanol–water partition coefficient (Wildman–Crippen LogP) is 2.29. The number of amides is 1. The number of carbonyl (C=O) groups is 1. The smallest absolute Gasteiger partial charge is 0.258 e. The Hall–Kier alpha value is -2.19. The number of nitrogens with zero attached hydrogens (tertiary/aromatic N) is 2. The summed E-state index contributed by atoms with van der Waals surface area (Å²) >= 11 is 1.24. The van der Waals surface area contributed by atoms with Crippen molar-refractivity contribution in [3.63, 3.8) is 0 Å². The minimum atomic E-state index is -3.26. The molecule has 3 aromatic rings. The summed E-state index contributed by atoms with van der Waals surface area (Å²) in [7, 11) is -1.43. The van der Waals surface area contributed by atoms with Crippen molar-refractivity contribution in [3.05, 3.63) is 42.2 Å². The number of anilines is 1. The van der Waals surface area contributed by atoms with Crippen LogP contribution < -0.4 is 5.32 Å². The van der Waals surface area contributed by atoms with Gasteiger partial charge >= 0.3 is 0 Å². The lowest BCUT2D eigenvalue weighted by Crippen LogP contribution is -2.10. The van der Waals surface area contributed by atoms with Crippen molar-refractivity contribution in [1.82, 2.24) is 9.55 Å². The van der Waals surface area contributed by atoms with Crippen molar-refractivity contribution >= 4 is 42.4 Å². The molecule has 0 unspecified atom stereocenters. The molecule has 0 saturated carbocycles. The summed E-state index contributed by atoms with van der Waals surface area (Å²) < 4.78 is 25.6. The minimum absolute atomic E-state index is 0.240. The first kappa shape index (κ1) is 14.7. The molecular formula is C14H13N3O3S2. The Morgan fingerprint density at radius 3 is 2.73 bits per heavy atom. The first-order valence-electron chi connectivity index (χ1n) is 6.37. The molecule has 114 valence electrons. The zero-order chi connectivity index (χ0) is 15.9. The maximum atomic E-state index is 12.1. The molecule has 0 aliphatic carbocycles. The molecule has 3 rings (SSSR count). The van der Waals surface area contributed by atoms with Crippen molar-refractivity contribution in [2.24, 2.45) is 7.05 Å². The van der Waals surface area contributed by atoms with Gasteiger partial charge in [0.05, 0.1) is 20.7 Å². The lowest BCUT2D eigenvalue weighted by atomic mass is 10.3. The zero-order valence-corrected chi connectivity index (χ0v) is 13.5. The van der Waals surface area contributed by atoms with Gasteiger partial charge in [-0.3, -0.25) is 10.1 Å². The van der Waals surface area contributed by atoms with Crippen LogP contribution in [0.15, 0.2) is 41.6 Å². The van der Waals surface area contributed by atoms with Crippen molar-refractivity contribution in [1.29, 1.82) is 0 Å². The number of benzene rings is 1. The van der Waals surface area contributed by atoms with Crippen LogP contribution in [0.4, 0.5) is 5.13 Å². The maximum absolute atomic E-state index is 12.1. The topological polar surface area (TPSA) is 81.1 Å². The highest BCUT2D eigenvalue weighted by Gasteiger charge is 2.13. The SMILES string of the molecule is Cn1ccc(C(=O)Nc2nc3ccc(S(C)(=O)=O)cc3s2)c1. The van der Waals surface area contributed by atoms with Gasteiger partial charge in [-0.2, -0.15) is 0 Å². The molecule has 1 N–H and O–H groups in total. The summed E-state index contributed by atoms with van der Waals surface area (Å²) in [5.41, 5.74) is 1.19. The monoisotopic (exact) mass is 335 g/mol. The second kappa shape index (κ2) is 5.22. The van der Waals surface area contributed by atoms with Gasteiger partial charge in [0.2, 0.25) is 0 Å². The van der Waals surface area contributed by atoms with E-state index in [0.29, 0.717) is 20.9 Å². The van der Waals surface area contributed by atoms with Gasteiger partial charge < -0.3 is 4.57 Å². The number of aryl methyl sites for hydroxylation is 1. The normalized spacial score (nSPS) is 11.7. The molecule has 0 atom stereocenters. The first-order chi connectivity index (χ1) is 10.3. The summed E-state index contributed by atoms with van der Waals surface area (Å²) in [6.45, 7) is 0. The average molecular weight is 335 g/mol. The van der Waals surface area contributed by atoms with E-state index < -0.39 is 9.84 Å². The summed E-state index contributed by atoms with van der Waals surface area (Å²) in [5.74, 6) is -0.247. The van der Waals surface area contributed by atoms with Gasteiger partial charge in [-0.1, -0.05) is 11.3 Å². The third kappa shape index (κ3) is 2.88. The third-order valence-corrected chi connectivity index (χ3v) is 5.15. The standard InChI is InChI=1S/C14H13N3O3S2/c1-17-6-5-9(8-17)13(18)16-14-15-11-4-3-10(22(2,19)20)7-12(11)21-14/h3-8H,1-2H3,(H,15,16,18). The summed E-state index contributed by atoms with van der Waals surface area (Å²) in [4.78, 5) is 16.6. The van der Waals surface area contributed by atoms with Crippen LogP contribution in [0.3, 0.4) is 0 Å². The zero-order valence-electron chi connectivity index (χ0n) is 11.9. The molecule has 6 nitrogen and oxygen atoms in total. The maximum Gasteiger partial charge on any atom is 0.258 e. The fourth-order valence-corrected chi connectivity index (χ4v) is 3.62. The molecule has 0 aliphatic rings. The Kier molecular flexibility index (Phi) is 3.50. The number of hydrogen-bond acceptors (Lipinski definition) is 5. The summed E-state index contributed by atoms with van der Waals surface area (Å²) in [5, 5.41) is 3.16. The van der Waals surface area contributed by atoms with E-state index in [1.54, 1.807) is 35.2 Å². The van der Waals surface area contributed by atoms with Crippen molar-refractivity contribution < 1.29 is 13.2 Å². The van der Waals surface area contributed by atoms with Gasteiger partial charge in [0.15, 0.2) is 15.0 Å². The molecule has 0 saturated heterocycles. The van der Waals surface area contributed by atoms with Gasteiger partial charge in [-0.25, -0.2) is 13.4 Å². The van der Waals surface area contributed by atoms with Crippen LogP contribution in [0.25, 0.3) is 10.2 Å². The van der Waals surface area contributed by atoms with Crippen LogP contribution in [0.1, 0.15) is 10.4 Å². The Morgan fingerprint density at radius 2 is 2.09 bits per heavy atom. The number of aromatic nitrogens is 2. The van der Waals surface area contributed by atoms with E-state index in [2.05, 4.69) is 10.3 Å². The summed E-state index contributed by atoms with van der Waals surface area (Å²) in [6, 6.07) is 6.44. The van der Waals surface area contributed by atoms with Crippen LogP contribution in [0, 0.1) is 0 Å². The highest BCUT2D eigenvalue weighted by Crippen LogP contribution is 2.28. The first-order valence-corrected chi connectivity index (χ1v) is 9.08. The highest BCUT2D eigenvalue weighted by molar-refractivity contribution is 7.90. The molecule has 22 heavy (non-hydrogen) atoms. The Bertz CT molecular complexity index is 970. The van der Waals surface area contributed by atoms with Crippen LogP contribution in [-0.2, 0) is 16.9 Å². The van der Waals surface area contributed by atoms with Crippen LogP contribution in [0.5, 0.6) is 0 Å². The molecule has 2 heterocycles. The minimum Gasteiger partial charge on any atom is -0.356 e. The van der Waals surface area contributed by atoms with E-state index in [4.69, 9.17) is 0 Å². The fourth-order valence-electron chi connectivity index (χ4n) is 2.00.